The third kappa shape index (κ3) is 6.14. The molecule has 33 heavy (non-hydrogen) atoms. The summed E-state index contributed by atoms with van der Waals surface area (Å²) in [6.45, 7) is 4.32. The molecule has 2 aromatic heterocycles. The Hall–Kier alpha value is -2.85. The van der Waals surface area contributed by atoms with Gasteiger partial charge in [-0.1, -0.05) is 25.5 Å². The van der Waals surface area contributed by atoms with Gasteiger partial charge < -0.3 is 14.4 Å². The second kappa shape index (κ2) is 10.4. The number of nitrogens with zero attached hydrogens (tertiary/aromatic N) is 5. The van der Waals surface area contributed by atoms with E-state index in [1.165, 1.54) is 21.7 Å². The second-order valence-corrected chi connectivity index (χ2v) is 8.54. The van der Waals surface area contributed by atoms with E-state index >= 15 is 0 Å². The Kier molecular flexibility index (Phi) is 7.80. The van der Waals surface area contributed by atoms with Crippen LogP contribution in [-0.2, 0) is 24.6 Å². The first-order valence-electron chi connectivity index (χ1n) is 11.1. The number of halogens is 3. The molecule has 0 spiro atoms. The van der Waals surface area contributed by atoms with E-state index in [0.29, 0.717) is 24.6 Å². The van der Waals surface area contributed by atoms with Gasteiger partial charge in [-0.3, -0.25) is 0 Å². The number of hydrogen-bond acceptors (Lipinski definition) is 6. The van der Waals surface area contributed by atoms with Gasteiger partial charge >= 0.3 is 12.3 Å². The minimum atomic E-state index is -4.71. The first-order chi connectivity index (χ1) is 15.6. The van der Waals surface area contributed by atoms with Crippen LogP contribution in [0.25, 0.3) is 11.4 Å². The first-order valence-corrected chi connectivity index (χ1v) is 11.1. The first kappa shape index (κ1) is 24.8. The number of carbonyl (C=O) groups excluding carboxylic acids is 1. The van der Waals surface area contributed by atoms with Gasteiger partial charge in [0.15, 0.2) is 11.4 Å². The Balaban J connectivity index is 1.85. The molecule has 0 aromatic carbocycles. The predicted molar refractivity (Wildman–Crippen MR) is 114 cm³/mol. The zero-order valence-electron chi connectivity index (χ0n) is 19.4. The van der Waals surface area contributed by atoms with Crippen molar-refractivity contribution in [2.24, 2.45) is 13.0 Å². The van der Waals surface area contributed by atoms with Gasteiger partial charge in [-0.2, -0.15) is 13.2 Å². The maximum Gasteiger partial charge on any atom is 0.437 e. The Morgan fingerprint density at radius 3 is 2.73 bits per heavy atom. The lowest BCUT2D eigenvalue weighted by Gasteiger charge is -2.28. The molecule has 2 aromatic rings. The fourth-order valence-corrected chi connectivity index (χ4v) is 3.95. The van der Waals surface area contributed by atoms with Gasteiger partial charge in [0.1, 0.15) is 18.0 Å². The standard InChI is InChI=1S/C22H30F3N5O3/c1-5-11-29(3)21(31)32-13-17-19(27-28-30(17)4)16-9-10-18(20(26-16)22(23,24)25)33-15-8-6-7-14(2)12-15/h9-10,14-15H,5-8,11-13H2,1-4H3/t14-,15-/m0/s1. The van der Waals surface area contributed by atoms with Gasteiger partial charge in [0.25, 0.3) is 0 Å². The molecule has 0 radical (unpaired) electrons. The molecule has 0 bridgehead atoms. The van der Waals surface area contributed by atoms with Gasteiger partial charge in [0.05, 0.1) is 11.8 Å². The summed E-state index contributed by atoms with van der Waals surface area (Å²) in [5.41, 5.74) is -0.669. The van der Waals surface area contributed by atoms with Crippen LogP contribution in [-0.4, -0.2) is 50.7 Å². The number of amides is 1. The quantitative estimate of drug-likeness (QED) is 0.578. The molecule has 3 rings (SSSR count). The van der Waals surface area contributed by atoms with Gasteiger partial charge in [0, 0.05) is 20.6 Å². The molecular weight excluding hydrogens is 439 g/mol. The summed E-state index contributed by atoms with van der Waals surface area (Å²) in [5.74, 6) is 0.120. The maximum absolute atomic E-state index is 13.8. The zero-order chi connectivity index (χ0) is 24.2. The van der Waals surface area contributed by atoms with Crippen LogP contribution >= 0.6 is 0 Å². The van der Waals surface area contributed by atoms with E-state index in [1.54, 1.807) is 14.1 Å². The average Bonchev–Trinajstić information content (AvgIpc) is 3.12. The highest BCUT2D eigenvalue weighted by molar-refractivity contribution is 5.67. The van der Waals surface area contributed by atoms with Crippen molar-refractivity contribution in [2.75, 3.05) is 13.6 Å². The topological polar surface area (TPSA) is 82.4 Å². The monoisotopic (exact) mass is 469 g/mol. The van der Waals surface area contributed by atoms with Crippen molar-refractivity contribution in [3.05, 3.63) is 23.5 Å². The molecule has 0 saturated heterocycles. The normalized spacial score (nSPS) is 18.8. The molecule has 1 fully saturated rings. The third-order valence-corrected chi connectivity index (χ3v) is 5.70. The summed E-state index contributed by atoms with van der Waals surface area (Å²) in [4.78, 5) is 17.4. The van der Waals surface area contributed by atoms with Crippen molar-refractivity contribution >= 4 is 6.09 Å². The van der Waals surface area contributed by atoms with E-state index in [2.05, 4.69) is 22.2 Å². The van der Waals surface area contributed by atoms with E-state index in [1.807, 2.05) is 6.92 Å². The van der Waals surface area contributed by atoms with Crippen LogP contribution in [0.1, 0.15) is 57.3 Å². The minimum absolute atomic E-state index is 0.0206. The molecule has 8 nitrogen and oxygen atoms in total. The molecule has 1 saturated carbocycles. The molecule has 1 aliphatic carbocycles. The molecule has 2 atom stereocenters. The Morgan fingerprint density at radius 2 is 2.06 bits per heavy atom. The third-order valence-electron chi connectivity index (χ3n) is 5.70. The van der Waals surface area contributed by atoms with Crippen molar-refractivity contribution < 1.29 is 27.4 Å². The number of pyridine rings is 1. The molecule has 2 heterocycles. The molecule has 1 amide bonds. The van der Waals surface area contributed by atoms with E-state index in [-0.39, 0.29) is 29.8 Å². The van der Waals surface area contributed by atoms with Crippen molar-refractivity contribution in [1.29, 1.82) is 0 Å². The van der Waals surface area contributed by atoms with Crippen molar-refractivity contribution in [3.8, 4) is 17.1 Å². The van der Waals surface area contributed by atoms with Crippen LogP contribution in [0.4, 0.5) is 18.0 Å². The number of aromatic nitrogens is 4. The number of carbonyl (C=O) groups is 1. The largest absolute Gasteiger partial charge is 0.488 e. The Labute approximate surface area is 191 Å². The van der Waals surface area contributed by atoms with Crippen LogP contribution in [0.2, 0.25) is 0 Å². The Morgan fingerprint density at radius 1 is 1.30 bits per heavy atom. The molecule has 0 aliphatic heterocycles. The summed E-state index contributed by atoms with van der Waals surface area (Å²) in [7, 11) is 3.18. The molecule has 0 unspecified atom stereocenters. The minimum Gasteiger partial charge on any atom is -0.488 e. The number of rotatable bonds is 7. The number of ether oxygens (including phenoxy) is 2. The van der Waals surface area contributed by atoms with E-state index in [0.717, 1.165) is 25.7 Å². The van der Waals surface area contributed by atoms with E-state index in [9.17, 15) is 18.0 Å². The summed E-state index contributed by atoms with van der Waals surface area (Å²) in [5, 5.41) is 7.84. The predicted octanol–water partition coefficient (Wildman–Crippen LogP) is 4.83. The van der Waals surface area contributed by atoms with Crippen LogP contribution in [0.5, 0.6) is 5.75 Å². The number of hydrogen-bond donors (Lipinski definition) is 0. The molecule has 0 N–H and O–H groups in total. The Bertz CT molecular complexity index is 963. The molecular formula is C22H30F3N5O3. The van der Waals surface area contributed by atoms with Crippen LogP contribution in [0, 0.1) is 5.92 Å². The van der Waals surface area contributed by atoms with Crippen LogP contribution in [0.15, 0.2) is 12.1 Å². The lowest BCUT2D eigenvalue weighted by Crippen LogP contribution is -2.28. The van der Waals surface area contributed by atoms with E-state index < -0.39 is 18.0 Å². The van der Waals surface area contributed by atoms with E-state index in [4.69, 9.17) is 9.47 Å². The highest BCUT2D eigenvalue weighted by Gasteiger charge is 2.38. The lowest BCUT2D eigenvalue weighted by atomic mass is 9.89. The van der Waals surface area contributed by atoms with Crippen LogP contribution < -0.4 is 4.74 Å². The highest BCUT2D eigenvalue weighted by atomic mass is 19.4. The van der Waals surface area contributed by atoms with Crippen molar-refractivity contribution in [1.82, 2.24) is 24.9 Å². The molecule has 182 valence electrons. The van der Waals surface area contributed by atoms with Gasteiger partial charge in [-0.05, 0) is 43.7 Å². The van der Waals surface area contributed by atoms with Crippen molar-refractivity contribution in [3.63, 3.8) is 0 Å². The van der Waals surface area contributed by atoms with Gasteiger partial charge in [-0.15, -0.1) is 5.10 Å². The van der Waals surface area contributed by atoms with Gasteiger partial charge in [-0.25, -0.2) is 14.5 Å². The molecule has 1 aliphatic rings. The lowest BCUT2D eigenvalue weighted by molar-refractivity contribution is -0.143. The summed E-state index contributed by atoms with van der Waals surface area (Å²) >= 11 is 0. The fourth-order valence-electron chi connectivity index (χ4n) is 3.95. The summed E-state index contributed by atoms with van der Waals surface area (Å²) in [6.07, 6.45) is -1.34. The van der Waals surface area contributed by atoms with Crippen molar-refractivity contribution in [2.45, 2.75) is 64.8 Å². The smallest absolute Gasteiger partial charge is 0.437 e. The summed E-state index contributed by atoms with van der Waals surface area (Å²) in [6, 6.07) is 2.71. The maximum atomic E-state index is 13.8. The average molecular weight is 470 g/mol. The zero-order valence-corrected chi connectivity index (χ0v) is 19.4. The fraction of sp³-hybridized carbons (Fsp3) is 0.636. The second-order valence-electron chi connectivity index (χ2n) is 8.54. The number of alkyl halides is 3. The van der Waals surface area contributed by atoms with Gasteiger partial charge in [0.2, 0.25) is 0 Å². The SMILES string of the molecule is CCCN(C)C(=O)OCc1c(-c2ccc(O[C@H]3CCC[C@H](C)C3)c(C(F)(F)F)n2)nnn1C. The molecule has 11 heteroatoms. The summed E-state index contributed by atoms with van der Waals surface area (Å²) < 4.78 is 53.9. The number of aryl methyl sites for hydroxylation is 1. The van der Waals surface area contributed by atoms with Crippen LogP contribution in [0.3, 0.4) is 0 Å². The highest BCUT2D eigenvalue weighted by Crippen LogP contribution is 2.38.